The standard InChI is InChI=1S/2C17H14ClN3O2.Co/c2*1-11-14(10-19-15-7-2-3-8-16(15)22)17(23)21(20-11)13-6-4-5-12(18)9-13;/h2*2-10,22-23H,1H3;. The zero-order valence-electron chi connectivity index (χ0n) is 25.0. The van der Waals surface area contributed by atoms with Crippen molar-refractivity contribution in [2.24, 2.45) is 9.98 Å². The van der Waals surface area contributed by atoms with Crippen LogP contribution in [0.25, 0.3) is 11.4 Å². The van der Waals surface area contributed by atoms with E-state index in [0.717, 1.165) is 0 Å². The number of para-hydroxylation sites is 4. The summed E-state index contributed by atoms with van der Waals surface area (Å²) in [5, 5.41) is 50.0. The van der Waals surface area contributed by atoms with Gasteiger partial charge in [-0.3, -0.25) is 9.98 Å². The minimum atomic E-state index is -0.0380. The molecule has 10 nitrogen and oxygen atoms in total. The third kappa shape index (κ3) is 8.21. The minimum Gasteiger partial charge on any atom is -0.506 e. The number of aromatic hydroxyl groups is 4. The zero-order valence-corrected chi connectivity index (χ0v) is 27.5. The topological polar surface area (TPSA) is 141 Å². The second-order valence-electron chi connectivity index (χ2n) is 9.92. The van der Waals surface area contributed by atoms with Gasteiger partial charge in [0.2, 0.25) is 11.8 Å². The Balaban J connectivity index is 0.000000208. The van der Waals surface area contributed by atoms with Crippen molar-refractivity contribution in [2.45, 2.75) is 13.8 Å². The van der Waals surface area contributed by atoms with E-state index in [1.165, 1.54) is 21.8 Å². The molecule has 0 atom stereocenters. The fraction of sp³-hybridized carbons (Fsp3) is 0.0588. The average molecular weight is 714 g/mol. The van der Waals surface area contributed by atoms with Gasteiger partial charge in [0.1, 0.15) is 22.9 Å². The largest absolute Gasteiger partial charge is 0.506 e. The van der Waals surface area contributed by atoms with Gasteiger partial charge < -0.3 is 20.4 Å². The maximum absolute atomic E-state index is 10.4. The van der Waals surface area contributed by atoms with Crippen LogP contribution in [0.3, 0.4) is 0 Å². The second kappa shape index (κ2) is 15.5. The van der Waals surface area contributed by atoms with Crippen LogP contribution in [0.1, 0.15) is 22.5 Å². The average Bonchev–Trinajstić information content (AvgIpc) is 3.49. The van der Waals surface area contributed by atoms with Gasteiger partial charge in [-0.25, -0.2) is 9.36 Å². The van der Waals surface area contributed by atoms with Gasteiger partial charge >= 0.3 is 0 Å². The Morgan fingerprint density at radius 1 is 0.574 bits per heavy atom. The molecule has 4 N–H and O–H groups in total. The number of hydrogen-bond donors (Lipinski definition) is 4. The third-order valence-electron chi connectivity index (χ3n) is 6.70. The van der Waals surface area contributed by atoms with Gasteiger partial charge in [-0.2, -0.15) is 10.2 Å². The van der Waals surface area contributed by atoms with Crippen LogP contribution in [0.5, 0.6) is 23.3 Å². The number of aromatic nitrogens is 4. The summed E-state index contributed by atoms with van der Waals surface area (Å²) in [5.41, 5.74) is 4.33. The monoisotopic (exact) mass is 713 g/mol. The van der Waals surface area contributed by atoms with E-state index in [-0.39, 0.29) is 40.0 Å². The number of aryl methyl sites for hydroxylation is 2. The molecule has 2 aromatic heterocycles. The first-order valence-electron chi connectivity index (χ1n) is 13.9. The number of halogens is 2. The van der Waals surface area contributed by atoms with E-state index in [2.05, 4.69) is 20.2 Å². The number of benzene rings is 4. The van der Waals surface area contributed by atoms with Crippen LogP contribution in [0, 0.1) is 13.8 Å². The number of phenols is 2. The quantitative estimate of drug-likeness (QED) is 0.129. The van der Waals surface area contributed by atoms with Crippen LogP contribution in [0.2, 0.25) is 10.0 Å². The Morgan fingerprint density at radius 2 is 0.957 bits per heavy atom. The summed E-state index contributed by atoms with van der Waals surface area (Å²) in [5.74, 6) is 0.0686. The molecular weight excluding hydrogens is 686 g/mol. The molecule has 47 heavy (non-hydrogen) atoms. The Labute approximate surface area is 290 Å². The zero-order chi connectivity index (χ0) is 32.8. The fourth-order valence-corrected chi connectivity index (χ4v) is 4.72. The van der Waals surface area contributed by atoms with E-state index in [1.807, 2.05) is 0 Å². The van der Waals surface area contributed by atoms with Crippen molar-refractivity contribution < 1.29 is 37.2 Å². The molecule has 6 rings (SSSR count). The third-order valence-corrected chi connectivity index (χ3v) is 7.17. The smallest absolute Gasteiger partial charge is 0.223 e. The summed E-state index contributed by atoms with van der Waals surface area (Å²) in [6, 6.07) is 27.5. The molecular formula is C34H28Cl2CoN6O4. The molecule has 0 saturated heterocycles. The number of hydrogen-bond acceptors (Lipinski definition) is 8. The molecule has 0 amide bonds. The van der Waals surface area contributed by atoms with Gasteiger partial charge in [0.25, 0.3) is 0 Å². The molecule has 0 fully saturated rings. The molecule has 1 radical (unpaired) electrons. The fourth-order valence-electron chi connectivity index (χ4n) is 4.35. The van der Waals surface area contributed by atoms with Crippen LogP contribution in [0.15, 0.2) is 107 Å². The molecule has 4 aromatic carbocycles. The van der Waals surface area contributed by atoms with Crippen LogP contribution < -0.4 is 0 Å². The molecule has 6 aromatic rings. The summed E-state index contributed by atoms with van der Waals surface area (Å²) >= 11 is 12.0. The van der Waals surface area contributed by atoms with Crippen LogP contribution in [0.4, 0.5) is 11.4 Å². The number of aliphatic imine (C=N–C) groups is 2. The maximum Gasteiger partial charge on any atom is 0.223 e. The number of nitrogens with zero attached hydrogens (tertiary/aromatic N) is 6. The SMILES string of the molecule is Cc1nn(-c2cccc(Cl)c2)c(O)c1C=Nc1ccccc1O.Cc1nn(-c2cccc(Cl)c2)c(O)c1C=Nc1ccccc1O.[Co]. The molecule has 0 aliphatic heterocycles. The van der Waals surface area contributed by atoms with E-state index in [4.69, 9.17) is 23.2 Å². The normalized spacial score (nSPS) is 11.0. The molecule has 2 heterocycles. The summed E-state index contributed by atoms with van der Waals surface area (Å²) in [6.45, 7) is 3.54. The first kappa shape index (κ1) is 34.8. The molecule has 0 bridgehead atoms. The van der Waals surface area contributed by atoms with Crippen molar-refractivity contribution >= 4 is 47.0 Å². The summed E-state index contributed by atoms with van der Waals surface area (Å²) in [4.78, 5) is 8.42. The second-order valence-corrected chi connectivity index (χ2v) is 10.8. The first-order chi connectivity index (χ1) is 22.1. The van der Waals surface area contributed by atoms with Gasteiger partial charge in [0.15, 0.2) is 0 Å². The molecule has 13 heteroatoms. The van der Waals surface area contributed by atoms with E-state index in [1.54, 1.807) is 111 Å². The molecule has 0 aliphatic rings. The summed E-state index contributed by atoms with van der Waals surface area (Å²) in [7, 11) is 0. The van der Waals surface area contributed by atoms with Gasteiger partial charge in [0.05, 0.1) is 33.9 Å². The Kier molecular flexibility index (Phi) is 11.5. The predicted molar refractivity (Wildman–Crippen MR) is 181 cm³/mol. The van der Waals surface area contributed by atoms with Crippen molar-refractivity contribution in [3.63, 3.8) is 0 Å². The Bertz CT molecular complexity index is 1930. The van der Waals surface area contributed by atoms with Crippen molar-refractivity contribution in [1.82, 2.24) is 19.6 Å². The van der Waals surface area contributed by atoms with Crippen molar-refractivity contribution in [1.29, 1.82) is 0 Å². The van der Waals surface area contributed by atoms with Crippen molar-refractivity contribution in [3.05, 3.63) is 130 Å². The van der Waals surface area contributed by atoms with E-state index >= 15 is 0 Å². The Morgan fingerprint density at radius 3 is 1.32 bits per heavy atom. The maximum atomic E-state index is 10.4. The summed E-state index contributed by atoms with van der Waals surface area (Å²) in [6.07, 6.45) is 2.96. The minimum absolute atomic E-state index is 0. The van der Waals surface area contributed by atoms with E-state index in [0.29, 0.717) is 55.3 Å². The first-order valence-corrected chi connectivity index (χ1v) is 14.6. The molecule has 0 spiro atoms. The van der Waals surface area contributed by atoms with E-state index < -0.39 is 0 Å². The van der Waals surface area contributed by atoms with Gasteiger partial charge in [0, 0.05) is 39.3 Å². The van der Waals surface area contributed by atoms with E-state index in [9.17, 15) is 20.4 Å². The number of phenolic OH excluding ortho intramolecular Hbond substituents is 2. The van der Waals surface area contributed by atoms with Crippen LogP contribution in [-0.2, 0) is 16.8 Å². The summed E-state index contributed by atoms with van der Waals surface area (Å²) < 4.78 is 2.79. The van der Waals surface area contributed by atoms with Crippen molar-refractivity contribution in [2.75, 3.05) is 0 Å². The predicted octanol–water partition coefficient (Wildman–Crippen LogP) is 7.99. The van der Waals surface area contributed by atoms with Crippen molar-refractivity contribution in [3.8, 4) is 34.6 Å². The van der Waals surface area contributed by atoms with Crippen LogP contribution >= 0.6 is 23.2 Å². The molecule has 0 saturated carbocycles. The van der Waals surface area contributed by atoms with Crippen LogP contribution in [-0.4, -0.2) is 52.4 Å². The molecule has 0 aliphatic carbocycles. The Hall–Kier alpha value is -5.07. The van der Waals surface area contributed by atoms with Gasteiger partial charge in [-0.1, -0.05) is 59.6 Å². The van der Waals surface area contributed by atoms with Gasteiger partial charge in [-0.15, -0.1) is 0 Å². The van der Waals surface area contributed by atoms with Gasteiger partial charge in [-0.05, 0) is 74.5 Å². The molecule has 241 valence electrons. The molecule has 0 unspecified atom stereocenters. The number of rotatable bonds is 6.